The molecule has 4 heteroatoms. The van der Waals surface area contributed by atoms with Crippen LogP contribution >= 0.6 is 0 Å². The van der Waals surface area contributed by atoms with Crippen LogP contribution in [0.15, 0.2) is 51.9 Å². The Hall–Kier alpha value is -2.88. The zero-order valence-corrected chi connectivity index (χ0v) is 12.2. The van der Waals surface area contributed by atoms with Gasteiger partial charge in [-0.15, -0.1) is 0 Å². The smallest absolute Gasteiger partial charge is 0.203 e. The number of hydrogen-bond acceptors (Lipinski definition) is 4. The molecule has 2 aromatic carbocycles. The fourth-order valence-electron chi connectivity index (χ4n) is 2.48. The number of carbonyl (C=O) groups excluding carboxylic acids is 1. The molecule has 3 aromatic rings. The first-order chi connectivity index (χ1) is 10.5. The summed E-state index contributed by atoms with van der Waals surface area (Å²) in [5.74, 6) is -0.257. The van der Waals surface area contributed by atoms with Crippen molar-refractivity contribution in [2.24, 2.45) is 0 Å². The number of fused-ring (bicyclic) bond motifs is 1. The molecule has 4 nitrogen and oxygen atoms in total. The summed E-state index contributed by atoms with van der Waals surface area (Å²) in [5, 5.41) is 10.2. The predicted octanol–water partition coefficient (Wildman–Crippen LogP) is 3.35. The highest BCUT2D eigenvalue weighted by atomic mass is 16.3. The minimum atomic E-state index is -0.411. The Kier molecular flexibility index (Phi) is 3.29. The molecule has 0 radical (unpaired) electrons. The number of aryl methyl sites for hydroxylation is 2. The van der Waals surface area contributed by atoms with E-state index in [1.165, 1.54) is 6.26 Å². The molecule has 110 valence electrons. The number of phenols is 1. The maximum absolute atomic E-state index is 12.6. The Morgan fingerprint density at radius 2 is 1.73 bits per heavy atom. The third-order valence-corrected chi connectivity index (χ3v) is 3.68. The molecule has 0 saturated heterocycles. The highest BCUT2D eigenvalue weighted by Gasteiger charge is 2.17. The second-order valence-corrected chi connectivity index (χ2v) is 5.26. The monoisotopic (exact) mass is 294 g/mol. The van der Waals surface area contributed by atoms with Gasteiger partial charge in [0.1, 0.15) is 23.2 Å². The molecule has 0 aliphatic carbocycles. The van der Waals surface area contributed by atoms with Crippen molar-refractivity contribution >= 4 is 16.8 Å². The second-order valence-electron chi connectivity index (χ2n) is 5.26. The highest BCUT2D eigenvalue weighted by molar-refractivity contribution is 6.10. The summed E-state index contributed by atoms with van der Waals surface area (Å²) in [5.41, 5.74) is 1.62. The minimum Gasteiger partial charge on any atom is -0.507 e. The summed E-state index contributed by atoms with van der Waals surface area (Å²) in [4.78, 5) is 25.0. The molecule has 22 heavy (non-hydrogen) atoms. The van der Waals surface area contributed by atoms with E-state index in [1.54, 1.807) is 50.2 Å². The van der Waals surface area contributed by atoms with Crippen molar-refractivity contribution in [1.29, 1.82) is 0 Å². The van der Waals surface area contributed by atoms with Gasteiger partial charge in [0.25, 0.3) is 0 Å². The molecule has 0 amide bonds. The van der Waals surface area contributed by atoms with Gasteiger partial charge >= 0.3 is 0 Å². The Balaban J connectivity index is 2.18. The van der Waals surface area contributed by atoms with Crippen molar-refractivity contribution in [3.8, 4) is 5.75 Å². The molecule has 1 aromatic heterocycles. The molecular formula is C18H14O4. The maximum Gasteiger partial charge on any atom is 0.203 e. The van der Waals surface area contributed by atoms with Crippen LogP contribution in [0, 0.1) is 13.8 Å². The van der Waals surface area contributed by atoms with Crippen LogP contribution in [0.3, 0.4) is 0 Å². The van der Waals surface area contributed by atoms with E-state index in [1.807, 2.05) is 0 Å². The molecule has 0 spiro atoms. The molecule has 1 N–H and O–H groups in total. The van der Waals surface area contributed by atoms with E-state index in [0.29, 0.717) is 27.7 Å². The average Bonchev–Trinajstić information content (AvgIpc) is 2.52. The van der Waals surface area contributed by atoms with Gasteiger partial charge in [-0.1, -0.05) is 12.1 Å². The van der Waals surface area contributed by atoms with Gasteiger partial charge in [-0.25, -0.2) is 0 Å². The number of hydrogen-bond donors (Lipinski definition) is 1. The maximum atomic E-state index is 12.6. The van der Waals surface area contributed by atoms with E-state index in [0.717, 1.165) is 0 Å². The van der Waals surface area contributed by atoms with E-state index in [2.05, 4.69) is 0 Å². The second kappa shape index (κ2) is 5.15. The third kappa shape index (κ3) is 2.19. The van der Waals surface area contributed by atoms with Gasteiger partial charge in [0.15, 0.2) is 5.78 Å². The first kappa shape index (κ1) is 14.1. The van der Waals surface area contributed by atoms with Crippen LogP contribution in [0.1, 0.15) is 27.0 Å². The van der Waals surface area contributed by atoms with Gasteiger partial charge < -0.3 is 9.52 Å². The number of para-hydroxylation sites is 1. The number of carbonyl (C=O) groups is 1. The number of rotatable bonds is 2. The lowest BCUT2D eigenvalue weighted by Crippen LogP contribution is -2.16. The van der Waals surface area contributed by atoms with Crippen molar-refractivity contribution in [3.63, 3.8) is 0 Å². The lowest BCUT2D eigenvalue weighted by atomic mass is 9.99. The van der Waals surface area contributed by atoms with Gasteiger partial charge in [0.2, 0.25) is 5.43 Å². The normalized spacial score (nSPS) is 10.8. The minimum absolute atomic E-state index is 0.0109. The Labute approximate surface area is 126 Å². The number of aromatic hydroxyl groups is 1. The van der Waals surface area contributed by atoms with Gasteiger partial charge in [0.05, 0.1) is 5.39 Å². The van der Waals surface area contributed by atoms with Crippen molar-refractivity contribution in [3.05, 3.63) is 75.1 Å². The van der Waals surface area contributed by atoms with Crippen LogP contribution in [-0.2, 0) is 0 Å². The summed E-state index contributed by atoms with van der Waals surface area (Å²) in [7, 11) is 0. The first-order valence-corrected chi connectivity index (χ1v) is 6.84. The molecule has 0 unspecified atom stereocenters. The SMILES string of the molecule is Cc1cc(C(=O)c2coc3ccccc3c2=O)cc(C)c1O. The zero-order valence-electron chi connectivity index (χ0n) is 12.2. The number of ketones is 1. The molecular weight excluding hydrogens is 280 g/mol. The van der Waals surface area contributed by atoms with Gasteiger partial charge in [0, 0.05) is 5.56 Å². The van der Waals surface area contributed by atoms with Crippen LogP contribution in [0.4, 0.5) is 0 Å². The topological polar surface area (TPSA) is 67.5 Å². The van der Waals surface area contributed by atoms with E-state index >= 15 is 0 Å². The summed E-state index contributed by atoms with van der Waals surface area (Å²) in [6, 6.07) is 9.94. The van der Waals surface area contributed by atoms with Gasteiger partial charge in [-0.05, 0) is 49.2 Å². The van der Waals surface area contributed by atoms with Crippen molar-refractivity contribution < 1.29 is 14.3 Å². The molecule has 0 saturated carbocycles. The Morgan fingerprint density at radius 3 is 2.41 bits per heavy atom. The van der Waals surface area contributed by atoms with Crippen LogP contribution in [0.25, 0.3) is 11.0 Å². The zero-order chi connectivity index (χ0) is 15.9. The summed E-state index contributed by atoms with van der Waals surface area (Å²) < 4.78 is 5.38. The van der Waals surface area contributed by atoms with E-state index < -0.39 is 5.78 Å². The van der Waals surface area contributed by atoms with Crippen LogP contribution in [-0.4, -0.2) is 10.9 Å². The standard InChI is InChI=1S/C18H14O4/c1-10-7-12(8-11(2)16(10)19)17(20)14-9-22-15-6-4-3-5-13(15)18(14)21/h3-9,19H,1-2H3. The van der Waals surface area contributed by atoms with Gasteiger partial charge in [-0.2, -0.15) is 0 Å². The van der Waals surface area contributed by atoms with E-state index in [9.17, 15) is 14.7 Å². The van der Waals surface area contributed by atoms with Crippen LogP contribution in [0.2, 0.25) is 0 Å². The molecule has 0 fully saturated rings. The fraction of sp³-hybridized carbons (Fsp3) is 0.111. The Morgan fingerprint density at radius 1 is 1.09 bits per heavy atom. The summed E-state index contributed by atoms with van der Waals surface area (Å²) in [6.07, 6.45) is 1.20. The van der Waals surface area contributed by atoms with Crippen molar-refractivity contribution in [2.75, 3.05) is 0 Å². The molecule has 1 heterocycles. The number of phenolic OH excluding ortho intramolecular Hbond substituents is 1. The number of benzene rings is 2. The molecule has 3 rings (SSSR count). The molecule has 0 aliphatic heterocycles. The quantitative estimate of drug-likeness (QED) is 0.736. The lowest BCUT2D eigenvalue weighted by molar-refractivity contribution is 0.103. The Bertz CT molecular complexity index is 928. The van der Waals surface area contributed by atoms with Crippen LogP contribution in [0.5, 0.6) is 5.75 Å². The van der Waals surface area contributed by atoms with E-state index in [-0.39, 0.29) is 16.7 Å². The van der Waals surface area contributed by atoms with Crippen molar-refractivity contribution in [1.82, 2.24) is 0 Å². The summed E-state index contributed by atoms with van der Waals surface area (Å²) >= 11 is 0. The van der Waals surface area contributed by atoms with Gasteiger partial charge in [-0.3, -0.25) is 9.59 Å². The predicted molar refractivity (Wildman–Crippen MR) is 83.5 cm³/mol. The molecule has 0 atom stereocenters. The fourth-order valence-corrected chi connectivity index (χ4v) is 2.48. The average molecular weight is 294 g/mol. The lowest BCUT2D eigenvalue weighted by Gasteiger charge is -2.07. The largest absolute Gasteiger partial charge is 0.507 e. The van der Waals surface area contributed by atoms with Crippen molar-refractivity contribution in [2.45, 2.75) is 13.8 Å². The van der Waals surface area contributed by atoms with Crippen LogP contribution < -0.4 is 5.43 Å². The third-order valence-electron chi connectivity index (χ3n) is 3.68. The first-order valence-electron chi connectivity index (χ1n) is 6.84. The molecule has 0 aliphatic rings. The van der Waals surface area contributed by atoms with E-state index in [4.69, 9.17) is 4.42 Å². The summed E-state index contributed by atoms with van der Waals surface area (Å²) in [6.45, 7) is 3.42. The highest BCUT2D eigenvalue weighted by Crippen LogP contribution is 2.24. The molecule has 0 bridgehead atoms.